The third-order valence-electron chi connectivity index (χ3n) is 8.48. The van der Waals surface area contributed by atoms with E-state index in [0.717, 1.165) is 49.0 Å². The first-order valence-corrected chi connectivity index (χ1v) is 16.3. The van der Waals surface area contributed by atoms with Crippen molar-refractivity contribution in [3.63, 3.8) is 0 Å². The van der Waals surface area contributed by atoms with Crippen LogP contribution in [0.15, 0.2) is 103 Å². The summed E-state index contributed by atoms with van der Waals surface area (Å²) in [5.74, 6) is -0.416. The number of allylic oxidation sites excluding steroid dienone is 1. The number of rotatable bonds is 11. The van der Waals surface area contributed by atoms with Crippen molar-refractivity contribution < 1.29 is 14.2 Å². The molecule has 0 radical (unpaired) electrons. The van der Waals surface area contributed by atoms with E-state index < -0.39 is 5.79 Å². The molecule has 248 valence electrons. The molecule has 3 aromatic carbocycles. The molecule has 0 N–H and O–H groups in total. The zero-order valence-corrected chi connectivity index (χ0v) is 27.6. The van der Waals surface area contributed by atoms with Gasteiger partial charge in [0.1, 0.15) is 44.0 Å². The topological polar surface area (TPSA) is 105 Å². The van der Waals surface area contributed by atoms with E-state index in [-0.39, 0.29) is 18.3 Å². The van der Waals surface area contributed by atoms with Crippen LogP contribution in [0.2, 0.25) is 10.0 Å². The summed E-state index contributed by atoms with van der Waals surface area (Å²) in [6, 6.07) is 21.4. The van der Waals surface area contributed by atoms with Gasteiger partial charge in [-0.15, -0.1) is 6.58 Å². The minimum Gasteiger partial charge on any atom is -0.491 e. The molecule has 1 unspecified atom stereocenters. The third kappa shape index (κ3) is 6.70. The molecule has 0 saturated carbocycles. The molecular formula is C34H34Cl2N8O4. The summed E-state index contributed by atoms with van der Waals surface area (Å²) in [6.45, 7) is 8.45. The zero-order chi connectivity index (χ0) is 33.1. The first-order chi connectivity index (χ1) is 23.4. The number of hydrogen-bond acceptors (Lipinski definition) is 9. The summed E-state index contributed by atoms with van der Waals surface area (Å²) in [7, 11) is 0. The van der Waals surface area contributed by atoms with Crippen molar-refractivity contribution in [2.75, 3.05) is 49.2 Å². The summed E-state index contributed by atoms with van der Waals surface area (Å²) in [6.07, 6.45) is 5.93. The number of nitrogens with zero attached hydrogens (tertiary/aromatic N) is 8. The molecule has 0 amide bonds. The summed E-state index contributed by atoms with van der Waals surface area (Å²) >= 11 is 12.7. The molecule has 2 aromatic heterocycles. The lowest BCUT2D eigenvalue weighted by Gasteiger charge is -2.37. The standard InChI is InChI=1S/C34H34Cl2N8O4/c1-2-13-44-33(45)43(24-39-44)28-6-4-26(5-7-28)40-14-16-41(17-15-40)27-8-10-29(11-9-27)46-19-30-20-47-34(48-30,21-42-23-37-22-38-42)31-12-3-25(35)18-32(31)36/h2-12,18,22-24,30H,1,13-17,19-21H2/t30-,34?/m1/s1. The lowest BCUT2D eigenvalue weighted by Crippen LogP contribution is -2.46. The Balaban J connectivity index is 0.927. The fraction of sp³-hybridized carbons (Fsp3) is 0.294. The van der Waals surface area contributed by atoms with Crippen LogP contribution in [0.1, 0.15) is 5.56 Å². The van der Waals surface area contributed by atoms with Crippen LogP contribution in [0.5, 0.6) is 5.75 Å². The molecule has 12 nitrogen and oxygen atoms in total. The number of ether oxygens (including phenoxy) is 3. The number of hydrogen-bond donors (Lipinski definition) is 0. The van der Waals surface area contributed by atoms with E-state index in [2.05, 4.69) is 55.8 Å². The Labute approximate surface area is 287 Å². The Morgan fingerprint density at radius 1 is 0.917 bits per heavy atom. The zero-order valence-electron chi connectivity index (χ0n) is 26.1. The molecule has 14 heteroatoms. The van der Waals surface area contributed by atoms with Crippen LogP contribution < -0.4 is 20.2 Å². The highest BCUT2D eigenvalue weighted by Crippen LogP contribution is 2.40. The number of anilines is 2. The van der Waals surface area contributed by atoms with Crippen molar-refractivity contribution in [3.05, 3.63) is 124 Å². The number of piperazine rings is 1. The van der Waals surface area contributed by atoms with Gasteiger partial charge in [0.15, 0.2) is 0 Å². The summed E-state index contributed by atoms with van der Waals surface area (Å²) in [5.41, 5.74) is 3.52. The molecule has 2 saturated heterocycles. The lowest BCUT2D eigenvalue weighted by atomic mass is 10.1. The predicted octanol–water partition coefficient (Wildman–Crippen LogP) is 4.79. The van der Waals surface area contributed by atoms with Gasteiger partial charge in [-0.3, -0.25) is 0 Å². The summed E-state index contributed by atoms with van der Waals surface area (Å²) in [4.78, 5) is 21.3. The van der Waals surface area contributed by atoms with Gasteiger partial charge in [0.25, 0.3) is 0 Å². The lowest BCUT2D eigenvalue weighted by molar-refractivity contribution is -0.190. The Hall–Kier alpha value is -4.62. The first kappa shape index (κ1) is 32.0. The predicted molar refractivity (Wildman–Crippen MR) is 183 cm³/mol. The summed E-state index contributed by atoms with van der Waals surface area (Å²) in [5, 5.41) is 9.34. The second-order valence-corrected chi connectivity index (χ2v) is 12.4. The van der Waals surface area contributed by atoms with E-state index in [0.29, 0.717) is 35.4 Å². The van der Waals surface area contributed by atoms with Crippen molar-refractivity contribution in [3.8, 4) is 11.4 Å². The van der Waals surface area contributed by atoms with E-state index in [4.69, 9.17) is 37.4 Å². The van der Waals surface area contributed by atoms with Crippen molar-refractivity contribution in [2.45, 2.75) is 25.0 Å². The SMILES string of the molecule is C=CCn1ncn(-c2ccc(N3CCN(c4ccc(OC[C@@H]5COC(Cn6cncn6)(c6ccc(Cl)cc6Cl)O5)cc4)CC3)cc2)c1=O. The monoisotopic (exact) mass is 688 g/mol. The Kier molecular flexibility index (Phi) is 9.22. The smallest absolute Gasteiger partial charge is 0.350 e. The van der Waals surface area contributed by atoms with Crippen LogP contribution >= 0.6 is 23.2 Å². The van der Waals surface area contributed by atoms with Crippen LogP contribution in [0.4, 0.5) is 11.4 Å². The number of halogens is 2. The molecule has 7 rings (SSSR count). The number of aromatic nitrogens is 6. The van der Waals surface area contributed by atoms with Crippen molar-refractivity contribution in [1.29, 1.82) is 0 Å². The second kappa shape index (κ2) is 13.9. The molecule has 0 bridgehead atoms. The molecule has 4 heterocycles. The summed E-state index contributed by atoms with van der Waals surface area (Å²) < 4.78 is 23.4. The van der Waals surface area contributed by atoms with Crippen LogP contribution in [0, 0.1) is 0 Å². The van der Waals surface area contributed by atoms with Crippen molar-refractivity contribution in [2.24, 2.45) is 0 Å². The molecule has 48 heavy (non-hydrogen) atoms. The molecule has 5 aromatic rings. The van der Waals surface area contributed by atoms with E-state index >= 15 is 0 Å². The molecule has 0 aliphatic carbocycles. The maximum absolute atomic E-state index is 12.5. The van der Waals surface area contributed by atoms with Crippen molar-refractivity contribution >= 4 is 34.6 Å². The maximum Gasteiger partial charge on any atom is 0.350 e. The van der Waals surface area contributed by atoms with Gasteiger partial charge in [0.05, 0.1) is 23.9 Å². The van der Waals surface area contributed by atoms with Gasteiger partial charge in [-0.1, -0.05) is 35.3 Å². The molecule has 2 aliphatic rings. The highest BCUT2D eigenvalue weighted by atomic mass is 35.5. The van der Waals surface area contributed by atoms with Crippen LogP contribution in [0.3, 0.4) is 0 Å². The van der Waals surface area contributed by atoms with Gasteiger partial charge in [0.2, 0.25) is 5.79 Å². The quantitative estimate of drug-likeness (QED) is 0.181. The molecule has 2 atom stereocenters. The number of benzene rings is 3. The van der Waals surface area contributed by atoms with E-state index in [1.54, 1.807) is 40.1 Å². The van der Waals surface area contributed by atoms with Crippen LogP contribution in [0.25, 0.3) is 5.69 Å². The average molecular weight is 690 g/mol. The third-order valence-corrected chi connectivity index (χ3v) is 9.03. The highest BCUT2D eigenvalue weighted by Gasteiger charge is 2.45. The van der Waals surface area contributed by atoms with Gasteiger partial charge in [-0.05, 0) is 60.7 Å². The highest BCUT2D eigenvalue weighted by molar-refractivity contribution is 6.35. The minimum atomic E-state index is -1.16. The molecular weight excluding hydrogens is 655 g/mol. The second-order valence-electron chi connectivity index (χ2n) is 11.6. The normalized spacial score (nSPS) is 19.5. The largest absolute Gasteiger partial charge is 0.491 e. The fourth-order valence-corrected chi connectivity index (χ4v) is 6.59. The average Bonchev–Trinajstić information content (AvgIpc) is 3.86. The molecule has 0 spiro atoms. The van der Waals surface area contributed by atoms with E-state index in [1.165, 1.54) is 11.0 Å². The van der Waals surface area contributed by atoms with Gasteiger partial charge >= 0.3 is 5.69 Å². The van der Waals surface area contributed by atoms with Gasteiger partial charge in [-0.2, -0.15) is 10.2 Å². The Bertz CT molecular complexity index is 1900. The maximum atomic E-state index is 12.5. The molecule has 2 fully saturated rings. The van der Waals surface area contributed by atoms with E-state index in [9.17, 15) is 4.79 Å². The van der Waals surface area contributed by atoms with Gasteiger partial charge in [0, 0.05) is 48.1 Å². The van der Waals surface area contributed by atoms with E-state index in [1.807, 2.05) is 30.3 Å². The van der Waals surface area contributed by atoms with Crippen LogP contribution in [-0.4, -0.2) is 74.6 Å². The van der Waals surface area contributed by atoms with Gasteiger partial charge < -0.3 is 24.0 Å². The fourth-order valence-electron chi connectivity index (χ4n) is 6.03. The van der Waals surface area contributed by atoms with Crippen molar-refractivity contribution in [1.82, 2.24) is 29.1 Å². The minimum absolute atomic E-state index is 0.186. The molecule has 2 aliphatic heterocycles. The first-order valence-electron chi connectivity index (χ1n) is 15.6. The Morgan fingerprint density at radius 3 is 2.25 bits per heavy atom. The van der Waals surface area contributed by atoms with Gasteiger partial charge in [-0.25, -0.2) is 23.7 Å². The Morgan fingerprint density at radius 2 is 1.60 bits per heavy atom. The van der Waals surface area contributed by atoms with Crippen LogP contribution in [-0.2, 0) is 28.4 Å².